The van der Waals surface area contributed by atoms with Gasteiger partial charge >= 0.3 is 0 Å². The van der Waals surface area contributed by atoms with Gasteiger partial charge in [-0.25, -0.2) is 22.2 Å². The Labute approximate surface area is 273 Å². The maximum atomic E-state index is 16.4. The number of alkyl halides is 2. The van der Waals surface area contributed by atoms with Gasteiger partial charge in [0.2, 0.25) is 21.8 Å². The molecule has 2 aliphatic heterocycles. The van der Waals surface area contributed by atoms with E-state index in [1.165, 1.54) is 28.6 Å². The number of rotatable bonds is 10. The van der Waals surface area contributed by atoms with Gasteiger partial charge in [0, 0.05) is 67.8 Å². The molecule has 3 saturated carbocycles. The summed E-state index contributed by atoms with van der Waals surface area (Å²) >= 11 is 6.32. The molecular formula is C32H41ClF2N6O4S. The topological polar surface area (TPSA) is 129 Å². The summed E-state index contributed by atoms with van der Waals surface area (Å²) in [5.41, 5.74) is 4.16. The van der Waals surface area contributed by atoms with E-state index >= 15 is 8.78 Å². The molecule has 5 fully saturated rings. The highest BCUT2D eigenvalue weighted by molar-refractivity contribution is 7.89. The zero-order chi connectivity index (χ0) is 32.7. The molecule has 1 aromatic heterocycles. The van der Waals surface area contributed by atoms with E-state index in [0.717, 1.165) is 6.42 Å². The van der Waals surface area contributed by atoms with Crippen molar-refractivity contribution < 1.29 is 26.8 Å². The van der Waals surface area contributed by atoms with Gasteiger partial charge in [-0.05, 0) is 94.3 Å². The van der Waals surface area contributed by atoms with Crippen LogP contribution < -0.4 is 20.9 Å². The molecule has 0 spiro atoms. The van der Waals surface area contributed by atoms with Crippen LogP contribution in [-0.2, 0) is 25.5 Å². The molecule has 10 nitrogen and oxygen atoms in total. The summed E-state index contributed by atoms with van der Waals surface area (Å²) in [5, 5.41) is 2.90. The lowest BCUT2D eigenvalue weighted by molar-refractivity contribution is -0.193. The predicted octanol–water partition coefficient (Wildman–Crippen LogP) is 4.27. The Morgan fingerprint density at radius 1 is 1.00 bits per heavy atom. The van der Waals surface area contributed by atoms with Crippen molar-refractivity contribution in [2.45, 2.75) is 68.6 Å². The Bertz CT molecular complexity index is 1560. The van der Waals surface area contributed by atoms with E-state index in [2.05, 4.69) is 10.3 Å². The lowest BCUT2D eigenvalue weighted by atomic mass is 9.51. The highest BCUT2D eigenvalue weighted by Crippen LogP contribution is 2.65. The van der Waals surface area contributed by atoms with Crippen LogP contribution in [0.25, 0.3) is 0 Å². The van der Waals surface area contributed by atoms with Crippen LogP contribution in [0.4, 0.5) is 20.3 Å². The number of anilines is 2. The second kappa shape index (κ2) is 12.6. The number of amides is 2. The lowest BCUT2D eigenvalue weighted by Crippen LogP contribution is -2.55. The summed E-state index contributed by atoms with van der Waals surface area (Å²) in [6.45, 7) is 2.39. The number of benzene rings is 1. The number of nitrogens with one attached hydrogen (secondary N) is 1. The van der Waals surface area contributed by atoms with Crippen LogP contribution in [0.3, 0.4) is 0 Å². The van der Waals surface area contributed by atoms with Crippen molar-refractivity contribution in [3.63, 3.8) is 0 Å². The van der Waals surface area contributed by atoms with Crippen molar-refractivity contribution in [3.05, 3.63) is 47.1 Å². The zero-order valence-corrected chi connectivity index (χ0v) is 27.4. The van der Waals surface area contributed by atoms with E-state index in [1.807, 2.05) is 0 Å². The molecule has 46 heavy (non-hydrogen) atoms. The molecule has 2 amide bonds. The molecule has 2 bridgehead atoms. The second-order valence-electron chi connectivity index (χ2n) is 13.1. The number of fused-ring (bicyclic) bond motifs is 3. The van der Waals surface area contributed by atoms with E-state index in [0.29, 0.717) is 57.4 Å². The van der Waals surface area contributed by atoms with Gasteiger partial charge < -0.3 is 20.9 Å². The summed E-state index contributed by atoms with van der Waals surface area (Å²) in [6.07, 6.45) is 3.91. The predicted molar refractivity (Wildman–Crippen MR) is 171 cm³/mol. The molecular weight excluding hydrogens is 638 g/mol. The third-order valence-electron chi connectivity index (χ3n) is 10.6. The first-order chi connectivity index (χ1) is 21.9. The van der Waals surface area contributed by atoms with Crippen LogP contribution in [0.5, 0.6) is 0 Å². The van der Waals surface area contributed by atoms with E-state index < -0.39 is 26.8 Å². The monoisotopic (exact) mass is 678 g/mol. The Balaban J connectivity index is 1.12. The summed E-state index contributed by atoms with van der Waals surface area (Å²) in [6, 6.07) is 8.96. The standard InChI is InChI=1S/C32H41ClF2N6O4S/c33-26-21-23(32(34,35)31-11-8-30(9-12-31,10-13-31)29(43)37-15-2-14-36)22-27(38-26)39-17-19-40(20-18-39)46(44,45)25-6-4-24(5-7-25)41-16-1-3-28(41)42/h4-7,21-22H,1-3,8-20,36H2,(H,37,43). The number of sulfonamides is 1. The number of nitrogens with zero attached hydrogens (tertiary/aromatic N) is 4. The van der Waals surface area contributed by atoms with Crippen molar-refractivity contribution in [1.82, 2.24) is 14.6 Å². The van der Waals surface area contributed by atoms with Gasteiger partial charge in [-0.1, -0.05) is 11.6 Å². The van der Waals surface area contributed by atoms with Crippen LogP contribution in [0, 0.1) is 10.8 Å². The fourth-order valence-electron chi connectivity index (χ4n) is 7.65. The smallest absolute Gasteiger partial charge is 0.278 e. The first kappa shape index (κ1) is 33.0. The largest absolute Gasteiger partial charge is 0.356 e. The minimum Gasteiger partial charge on any atom is -0.356 e. The van der Waals surface area contributed by atoms with E-state index in [9.17, 15) is 18.0 Å². The fraction of sp³-hybridized carbons (Fsp3) is 0.594. The third kappa shape index (κ3) is 5.88. The normalized spacial score (nSPS) is 25.7. The molecule has 3 aliphatic carbocycles. The minimum atomic E-state index is -3.80. The molecule has 2 saturated heterocycles. The third-order valence-corrected chi connectivity index (χ3v) is 12.7. The van der Waals surface area contributed by atoms with E-state index in [4.69, 9.17) is 17.3 Å². The highest BCUT2D eigenvalue weighted by atomic mass is 35.5. The second-order valence-corrected chi connectivity index (χ2v) is 15.4. The van der Waals surface area contributed by atoms with Crippen molar-refractivity contribution in [1.29, 1.82) is 0 Å². The minimum absolute atomic E-state index is 0.0279. The first-order valence-electron chi connectivity index (χ1n) is 16.1. The van der Waals surface area contributed by atoms with Crippen LogP contribution in [-0.4, -0.2) is 75.3 Å². The van der Waals surface area contributed by atoms with E-state index in [1.54, 1.807) is 21.9 Å². The molecule has 1 aromatic carbocycles. The average Bonchev–Trinajstić information content (AvgIpc) is 3.51. The molecule has 250 valence electrons. The highest BCUT2D eigenvalue weighted by Gasteiger charge is 2.62. The van der Waals surface area contributed by atoms with Crippen LogP contribution in [0.15, 0.2) is 41.3 Å². The molecule has 0 atom stereocenters. The number of nitrogens with two attached hydrogens (primary N) is 1. The van der Waals surface area contributed by atoms with E-state index in [-0.39, 0.29) is 78.7 Å². The molecule has 7 rings (SSSR count). The summed E-state index contributed by atoms with van der Waals surface area (Å²) in [7, 11) is -3.80. The number of hydrogen-bond acceptors (Lipinski definition) is 7. The van der Waals surface area contributed by atoms with Gasteiger partial charge in [-0.2, -0.15) is 4.31 Å². The summed E-state index contributed by atoms with van der Waals surface area (Å²) in [5.74, 6) is -2.92. The first-order valence-corrected chi connectivity index (χ1v) is 17.9. The summed E-state index contributed by atoms with van der Waals surface area (Å²) < 4.78 is 61.1. The van der Waals surface area contributed by atoms with Gasteiger partial charge in [0.25, 0.3) is 5.92 Å². The van der Waals surface area contributed by atoms with Gasteiger partial charge in [-0.15, -0.1) is 0 Å². The average molecular weight is 679 g/mol. The SMILES string of the molecule is NCCCNC(=O)C12CCC(C(F)(F)c3cc(Cl)nc(N4CCN(S(=O)(=O)c5ccc(N6CCCC6=O)cc5)CC4)c3)(CC1)CC2. The Morgan fingerprint density at radius 3 is 2.24 bits per heavy atom. The van der Waals surface area contributed by atoms with Crippen molar-refractivity contribution >= 4 is 44.9 Å². The Kier molecular flexibility index (Phi) is 9.07. The molecule has 0 unspecified atom stereocenters. The van der Waals surface area contributed by atoms with Crippen LogP contribution >= 0.6 is 11.6 Å². The number of piperazine rings is 1. The number of halogens is 3. The van der Waals surface area contributed by atoms with Crippen molar-refractivity contribution in [2.24, 2.45) is 16.6 Å². The Morgan fingerprint density at radius 2 is 1.65 bits per heavy atom. The van der Waals surface area contributed by atoms with Crippen LogP contribution in [0.2, 0.25) is 5.15 Å². The maximum absolute atomic E-state index is 16.4. The molecule has 2 aromatic rings. The molecule has 5 aliphatic rings. The molecule has 14 heteroatoms. The van der Waals surface area contributed by atoms with Gasteiger partial charge in [-0.3, -0.25) is 9.59 Å². The van der Waals surface area contributed by atoms with Gasteiger partial charge in [0.1, 0.15) is 11.0 Å². The van der Waals surface area contributed by atoms with Gasteiger partial charge in [0.15, 0.2) is 0 Å². The fourth-order valence-corrected chi connectivity index (χ4v) is 9.27. The maximum Gasteiger partial charge on any atom is 0.278 e. The number of aromatic nitrogens is 1. The molecule has 3 heterocycles. The zero-order valence-electron chi connectivity index (χ0n) is 25.8. The van der Waals surface area contributed by atoms with Crippen molar-refractivity contribution in [2.75, 3.05) is 55.6 Å². The summed E-state index contributed by atoms with van der Waals surface area (Å²) in [4.78, 5) is 32.9. The van der Waals surface area contributed by atoms with Crippen molar-refractivity contribution in [3.8, 4) is 0 Å². The molecule has 3 N–H and O–H groups in total. The number of carbonyl (C=O) groups is 2. The number of carbonyl (C=O) groups excluding carboxylic acids is 2. The quantitative estimate of drug-likeness (QED) is 0.284. The van der Waals surface area contributed by atoms with Crippen LogP contribution in [0.1, 0.15) is 63.4 Å². The number of pyridine rings is 1. The number of hydrogen-bond donors (Lipinski definition) is 2. The van der Waals surface area contributed by atoms with Gasteiger partial charge in [0.05, 0.1) is 4.90 Å². The molecule has 0 radical (unpaired) electrons. The Hall–Kier alpha value is -2.87. The lowest BCUT2D eigenvalue weighted by Gasteiger charge is -2.55.